The first-order valence-corrected chi connectivity index (χ1v) is 5.98. The predicted octanol–water partition coefficient (Wildman–Crippen LogP) is 1.67. The molecule has 0 heterocycles. The summed E-state index contributed by atoms with van der Waals surface area (Å²) in [5.41, 5.74) is 6.09. The highest BCUT2D eigenvalue weighted by Crippen LogP contribution is 2.36. The van der Waals surface area contributed by atoms with Crippen molar-refractivity contribution in [1.29, 1.82) is 0 Å². The smallest absolute Gasteiger partial charge is 0.237 e. The highest BCUT2D eigenvalue weighted by molar-refractivity contribution is 5.81. The fourth-order valence-corrected chi connectivity index (χ4v) is 2.13. The van der Waals surface area contributed by atoms with E-state index in [4.69, 9.17) is 5.73 Å². The number of carbonyl (C=O) groups excluding carboxylic acids is 1. The lowest BCUT2D eigenvalue weighted by molar-refractivity contribution is -0.123. The van der Waals surface area contributed by atoms with Crippen molar-refractivity contribution in [2.45, 2.75) is 52.5 Å². The van der Waals surface area contributed by atoms with Gasteiger partial charge in [0.25, 0.3) is 0 Å². The standard InChI is InChI=1S/C12H24N2O/c1-9(2)10(13)11(15)14-8-12(3)6-4-5-7-12/h9-10H,4-8,13H2,1-3H3,(H,14,15)/t10-/m1/s1. The van der Waals surface area contributed by atoms with Crippen LogP contribution in [0.2, 0.25) is 0 Å². The van der Waals surface area contributed by atoms with Crippen molar-refractivity contribution < 1.29 is 4.79 Å². The zero-order valence-electron chi connectivity index (χ0n) is 10.2. The summed E-state index contributed by atoms with van der Waals surface area (Å²) in [5, 5.41) is 2.98. The Morgan fingerprint density at radius 3 is 2.40 bits per heavy atom. The maximum Gasteiger partial charge on any atom is 0.237 e. The molecule has 1 atom stereocenters. The molecule has 0 saturated heterocycles. The molecule has 0 aliphatic heterocycles. The van der Waals surface area contributed by atoms with E-state index in [0.717, 1.165) is 6.54 Å². The number of carbonyl (C=O) groups is 1. The predicted molar refractivity (Wildman–Crippen MR) is 62.4 cm³/mol. The van der Waals surface area contributed by atoms with Gasteiger partial charge in [-0.25, -0.2) is 0 Å². The largest absolute Gasteiger partial charge is 0.354 e. The Morgan fingerprint density at radius 2 is 1.93 bits per heavy atom. The van der Waals surface area contributed by atoms with Gasteiger partial charge in [0.15, 0.2) is 0 Å². The van der Waals surface area contributed by atoms with Gasteiger partial charge in [-0.15, -0.1) is 0 Å². The van der Waals surface area contributed by atoms with E-state index in [1.54, 1.807) is 0 Å². The van der Waals surface area contributed by atoms with E-state index in [1.165, 1.54) is 25.7 Å². The van der Waals surface area contributed by atoms with E-state index < -0.39 is 0 Å². The molecule has 0 aromatic rings. The van der Waals surface area contributed by atoms with Gasteiger partial charge in [0.05, 0.1) is 6.04 Å². The number of nitrogens with one attached hydrogen (secondary N) is 1. The molecule has 1 aliphatic rings. The second-order valence-corrected chi connectivity index (χ2v) is 5.51. The van der Waals surface area contributed by atoms with Gasteiger partial charge in [-0.3, -0.25) is 4.79 Å². The molecule has 0 aromatic carbocycles. The van der Waals surface area contributed by atoms with Gasteiger partial charge in [-0.2, -0.15) is 0 Å². The van der Waals surface area contributed by atoms with Gasteiger partial charge in [-0.05, 0) is 24.2 Å². The summed E-state index contributed by atoms with van der Waals surface area (Å²) in [6.07, 6.45) is 5.04. The fourth-order valence-electron chi connectivity index (χ4n) is 2.13. The van der Waals surface area contributed by atoms with E-state index in [0.29, 0.717) is 5.41 Å². The van der Waals surface area contributed by atoms with Crippen LogP contribution in [-0.4, -0.2) is 18.5 Å². The lowest BCUT2D eigenvalue weighted by Gasteiger charge is -2.25. The Hall–Kier alpha value is -0.570. The summed E-state index contributed by atoms with van der Waals surface area (Å²) < 4.78 is 0. The summed E-state index contributed by atoms with van der Waals surface area (Å²) in [6.45, 7) is 6.98. The van der Waals surface area contributed by atoms with Gasteiger partial charge in [0, 0.05) is 6.54 Å². The molecule has 0 spiro atoms. The molecular weight excluding hydrogens is 188 g/mol. The zero-order chi connectivity index (χ0) is 11.5. The van der Waals surface area contributed by atoms with Crippen LogP contribution >= 0.6 is 0 Å². The Kier molecular flexibility index (Phi) is 4.14. The number of hydrogen-bond acceptors (Lipinski definition) is 2. The highest BCUT2D eigenvalue weighted by atomic mass is 16.2. The third-order valence-corrected chi connectivity index (χ3v) is 3.52. The van der Waals surface area contributed by atoms with Gasteiger partial charge in [0.1, 0.15) is 0 Å². The molecule has 3 heteroatoms. The topological polar surface area (TPSA) is 55.1 Å². The SMILES string of the molecule is CC(C)[C@@H](N)C(=O)NCC1(C)CCCC1. The van der Waals surface area contributed by atoms with E-state index in [-0.39, 0.29) is 17.9 Å². The van der Waals surface area contributed by atoms with Crippen LogP contribution in [0.5, 0.6) is 0 Å². The number of amides is 1. The minimum Gasteiger partial charge on any atom is -0.354 e. The lowest BCUT2D eigenvalue weighted by atomic mass is 9.88. The molecule has 15 heavy (non-hydrogen) atoms. The molecule has 1 rings (SSSR count). The van der Waals surface area contributed by atoms with E-state index in [1.807, 2.05) is 13.8 Å². The molecule has 3 N–H and O–H groups in total. The number of rotatable bonds is 4. The van der Waals surface area contributed by atoms with Crippen molar-refractivity contribution in [2.75, 3.05) is 6.54 Å². The van der Waals surface area contributed by atoms with Crippen LogP contribution < -0.4 is 11.1 Å². The van der Waals surface area contributed by atoms with Crippen molar-refractivity contribution in [3.63, 3.8) is 0 Å². The summed E-state index contributed by atoms with van der Waals surface area (Å²) in [6, 6.07) is -0.366. The Balaban J connectivity index is 2.33. The first-order valence-electron chi connectivity index (χ1n) is 5.98. The molecule has 1 saturated carbocycles. The molecule has 1 fully saturated rings. The Labute approximate surface area is 92.8 Å². The fraction of sp³-hybridized carbons (Fsp3) is 0.917. The average molecular weight is 212 g/mol. The van der Waals surface area contributed by atoms with E-state index in [9.17, 15) is 4.79 Å². The van der Waals surface area contributed by atoms with Crippen LogP contribution in [0.25, 0.3) is 0 Å². The minimum atomic E-state index is -0.366. The maximum absolute atomic E-state index is 11.6. The van der Waals surface area contributed by atoms with Crippen LogP contribution in [0.15, 0.2) is 0 Å². The second kappa shape index (κ2) is 4.97. The Morgan fingerprint density at radius 1 is 1.40 bits per heavy atom. The van der Waals surface area contributed by atoms with Crippen molar-refractivity contribution in [2.24, 2.45) is 17.1 Å². The van der Waals surface area contributed by atoms with Crippen molar-refractivity contribution in [1.82, 2.24) is 5.32 Å². The normalized spacial score (nSPS) is 21.7. The molecule has 0 aromatic heterocycles. The molecule has 1 amide bonds. The van der Waals surface area contributed by atoms with Crippen LogP contribution in [0.4, 0.5) is 0 Å². The highest BCUT2D eigenvalue weighted by Gasteiger charge is 2.29. The summed E-state index contributed by atoms with van der Waals surface area (Å²) in [7, 11) is 0. The summed E-state index contributed by atoms with van der Waals surface area (Å²) in [4.78, 5) is 11.6. The van der Waals surface area contributed by atoms with Crippen LogP contribution in [0, 0.1) is 11.3 Å². The maximum atomic E-state index is 11.6. The van der Waals surface area contributed by atoms with Crippen molar-refractivity contribution >= 4 is 5.91 Å². The van der Waals surface area contributed by atoms with Crippen LogP contribution in [0.1, 0.15) is 46.5 Å². The monoisotopic (exact) mass is 212 g/mol. The van der Waals surface area contributed by atoms with Gasteiger partial charge in [0.2, 0.25) is 5.91 Å². The third kappa shape index (κ3) is 3.49. The number of hydrogen-bond donors (Lipinski definition) is 2. The third-order valence-electron chi connectivity index (χ3n) is 3.52. The first kappa shape index (κ1) is 12.5. The van der Waals surface area contributed by atoms with Crippen LogP contribution in [-0.2, 0) is 4.79 Å². The van der Waals surface area contributed by atoms with Crippen molar-refractivity contribution in [3.05, 3.63) is 0 Å². The van der Waals surface area contributed by atoms with Crippen molar-refractivity contribution in [3.8, 4) is 0 Å². The molecule has 0 radical (unpaired) electrons. The zero-order valence-corrected chi connectivity index (χ0v) is 10.2. The van der Waals surface area contributed by atoms with Gasteiger partial charge >= 0.3 is 0 Å². The molecule has 1 aliphatic carbocycles. The average Bonchev–Trinajstić information content (AvgIpc) is 2.61. The van der Waals surface area contributed by atoms with Gasteiger partial charge < -0.3 is 11.1 Å². The Bertz CT molecular complexity index is 220. The molecule has 0 bridgehead atoms. The molecule has 88 valence electrons. The minimum absolute atomic E-state index is 0.00174. The van der Waals surface area contributed by atoms with E-state index in [2.05, 4.69) is 12.2 Å². The quantitative estimate of drug-likeness (QED) is 0.744. The van der Waals surface area contributed by atoms with Crippen LogP contribution in [0.3, 0.4) is 0 Å². The summed E-state index contributed by atoms with van der Waals surface area (Å²) >= 11 is 0. The van der Waals surface area contributed by atoms with E-state index >= 15 is 0 Å². The molecule has 0 unspecified atom stereocenters. The number of nitrogens with two attached hydrogens (primary N) is 1. The van der Waals surface area contributed by atoms with Gasteiger partial charge in [-0.1, -0.05) is 33.6 Å². The molecule has 3 nitrogen and oxygen atoms in total. The summed E-state index contributed by atoms with van der Waals surface area (Å²) in [5.74, 6) is 0.208. The lowest BCUT2D eigenvalue weighted by Crippen LogP contribution is -2.46. The first-order chi connectivity index (χ1) is 6.94. The second-order valence-electron chi connectivity index (χ2n) is 5.51. The molecular formula is C12H24N2O.